The predicted octanol–water partition coefficient (Wildman–Crippen LogP) is 1.69. The van der Waals surface area contributed by atoms with Crippen molar-refractivity contribution >= 4 is 29.0 Å². The van der Waals surface area contributed by atoms with Gasteiger partial charge in [-0.1, -0.05) is 6.07 Å². The second kappa shape index (κ2) is 7.60. The van der Waals surface area contributed by atoms with E-state index in [2.05, 4.69) is 5.32 Å². The van der Waals surface area contributed by atoms with Gasteiger partial charge in [0.25, 0.3) is 0 Å². The molecule has 1 rings (SSSR count). The smallest absolute Gasteiger partial charge is 0.303 e. The molecule has 0 fully saturated rings. The van der Waals surface area contributed by atoms with Crippen LogP contribution in [0.5, 0.6) is 0 Å². The molecule has 0 aliphatic carbocycles. The summed E-state index contributed by atoms with van der Waals surface area (Å²) in [7, 11) is 0. The second-order valence-electron chi connectivity index (χ2n) is 3.75. The average molecular weight is 269 g/mol. The van der Waals surface area contributed by atoms with Crippen LogP contribution >= 0.6 is 11.3 Å². The van der Waals surface area contributed by atoms with E-state index in [0.29, 0.717) is 17.8 Å². The number of hydrogen-bond donors (Lipinski definition) is 2. The van der Waals surface area contributed by atoms with Crippen LogP contribution in [0.3, 0.4) is 0 Å². The molecule has 0 unspecified atom stereocenters. The van der Waals surface area contributed by atoms with E-state index in [1.54, 1.807) is 12.1 Å². The van der Waals surface area contributed by atoms with E-state index in [1.807, 2.05) is 5.38 Å². The number of nitrogens with one attached hydrogen (secondary N) is 1. The molecule has 98 valence electrons. The largest absolute Gasteiger partial charge is 0.481 e. The number of carboxylic acids is 1. The van der Waals surface area contributed by atoms with Crippen molar-refractivity contribution in [1.82, 2.24) is 5.32 Å². The second-order valence-corrected chi connectivity index (χ2v) is 4.70. The van der Waals surface area contributed by atoms with Gasteiger partial charge in [0.05, 0.1) is 4.88 Å². The van der Waals surface area contributed by atoms with Crippen molar-refractivity contribution in [1.29, 1.82) is 0 Å². The van der Waals surface area contributed by atoms with Gasteiger partial charge in [-0.05, 0) is 17.9 Å². The Balaban J connectivity index is 2.13. The van der Waals surface area contributed by atoms with Gasteiger partial charge in [0.1, 0.15) is 0 Å². The standard InChI is InChI=1S/C12H15NO4S/c14-9(10-3-2-8-18-10)5-6-11(15)13-7-1-4-12(16)17/h2-3,8H,1,4-7H2,(H,13,15)(H,16,17). The highest BCUT2D eigenvalue weighted by atomic mass is 32.1. The van der Waals surface area contributed by atoms with Crippen molar-refractivity contribution in [3.8, 4) is 0 Å². The third-order valence-electron chi connectivity index (χ3n) is 2.26. The molecule has 0 radical (unpaired) electrons. The first kappa shape index (κ1) is 14.4. The third-order valence-corrected chi connectivity index (χ3v) is 3.18. The van der Waals surface area contributed by atoms with Gasteiger partial charge in [-0.2, -0.15) is 0 Å². The van der Waals surface area contributed by atoms with Gasteiger partial charge in [0.2, 0.25) is 5.91 Å². The Bertz CT molecular complexity index is 414. The van der Waals surface area contributed by atoms with Crippen molar-refractivity contribution in [3.05, 3.63) is 22.4 Å². The number of rotatable bonds is 8. The lowest BCUT2D eigenvalue weighted by Gasteiger charge is -2.03. The zero-order chi connectivity index (χ0) is 13.4. The van der Waals surface area contributed by atoms with Gasteiger partial charge in [0, 0.05) is 25.8 Å². The van der Waals surface area contributed by atoms with E-state index in [9.17, 15) is 14.4 Å². The Hall–Kier alpha value is -1.69. The maximum Gasteiger partial charge on any atom is 0.303 e. The topological polar surface area (TPSA) is 83.5 Å². The molecule has 18 heavy (non-hydrogen) atoms. The molecule has 0 saturated heterocycles. The van der Waals surface area contributed by atoms with Crippen molar-refractivity contribution in [2.45, 2.75) is 25.7 Å². The van der Waals surface area contributed by atoms with Crippen molar-refractivity contribution in [2.75, 3.05) is 6.54 Å². The highest BCUT2D eigenvalue weighted by Crippen LogP contribution is 2.12. The number of aliphatic carboxylic acids is 1. The summed E-state index contributed by atoms with van der Waals surface area (Å²) in [5, 5.41) is 12.8. The van der Waals surface area contributed by atoms with Crippen LogP contribution in [-0.4, -0.2) is 29.3 Å². The Labute approximate surface area is 109 Å². The molecule has 6 heteroatoms. The number of amides is 1. The van der Waals surface area contributed by atoms with Crippen LogP contribution in [0.1, 0.15) is 35.4 Å². The fraction of sp³-hybridized carbons (Fsp3) is 0.417. The normalized spacial score (nSPS) is 10.0. The number of hydrogen-bond acceptors (Lipinski definition) is 4. The number of Topliss-reactive ketones (excluding diaryl/α,β-unsaturated/α-hetero) is 1. The summed E-state index contributed by atoms with van der Waals surface area (Å²) in [5.41, 5.74) is 0. The Morgan fingerprint density at radius 2 is 2.00 bits per heavy atom. The lowest BCUT2D eigenvalue weighted by molar-refractivity contribution is -0.137. The van der Waals surface area contributed by atoms with Gasteiger partial charge < -0.3 is 10.4 Å². The molecule has 0 aliphatic rings. The molecule has 0 bridgehead atoms. The molecule has 1 aromatic heterocycles. The first-order chi connectivity index (χ1) is 8.59. The van der Waals surface area contributed by atoms with Gasteiger partial charge in [-0.25, -0.2) is 0 Å². The van der Waals surface area contributed by atoms with E-state index in [0.717, 1.165) is 0 Å². The molecule has 0 saturated carbocycles. The van der Waals surface area contributed by atoms with Gasteiger partial charge in [-0.3, -0.25) is 14.4 Å². The number of carboxylic acid groups (broad SMARTS) is 1. The molecule has 0 atom stereocenters. The number of thiophene rings is 1. The number of ketones is 1. The number of carbonyl (C=O) groups excluding carboxylic acids is 2. The van der Waals surface area contributed by atoms with Crippen LogP contribution in [0.2, 0.25) is 0 Å². The molecule has 0 aromatic carbocycles. The Morgan fingerprint density at radius 1 is 1.22 bits per heavy atom. The van der Waals surface area contributed by atoms with Crippen LogP contribution in [0.15, 0.2) is 17.5 Å². The van der Waals surface area contributed by atoms with Crippen molar-refractivity contribution in [3.63, 3.8) is 0 Å². The minimum Gasteiger partial charge on any atom is -0.481 e. The van der Waals surface area contributed by atoms with Crippen LogP contribution < -0.4 is 5.32 Å². The summed E-state index contributed by atoms with van der Waals surface area (Å²) in [6.07, 6.45) is 0.767. The average Bonchev–Trinajstić information content (AvgIpc) is 2.85. The van der Waals surface area contributed by atoms with E-state index < -0.39 is 5.97 Å². The lowest BCUT2D eigenvalue weighted by Crippen LogP contribution is -2.25. The summed E-state index contributed by atoms with van der Waals surface area (Å²) < 4.78 is 0. The molecular formula is C12H15NO4S. The summed E-state index contributed by atoms with van der Waals surface area (Å²) in [5.74, 6) is -1.13. The molecule has 1 aromatic rings. The minimum absolute atomic E-state index is 0.0361. The van der Waals surface area contributed by atoms with Crippen molar-refractivity contribution < 1.29 is 19.5 Å². The molecule has 0 aliphatic heterocycles. The highest BCUT2D eigenvalue weighted by Gasteiger charge is 2.09. The molecule has 5 nitrogen and oxygen atoms in total. The molecule has 2 N–H and O–H groups in total. The van der Waals surface area contributed by atoms with Gasteiger partial charge in [-0.15, -0.1) is 11.3 Å². The molecule has 1 amide bonds. The van der Waals surface area contributed by atoms with Gasteiger partial charge in [0.15, 0.2) is 5.78 Å². The van der Waals surface area contributed by atoms with E-state index in [4.69, 9.17) is 5.11 Å². The predicted molar refractivity (Wildman–Crippen MR) is 67.8 cm³/mol. The summed E-state index contributed by atoms with van der Waals surface area (Å²) in [4.78, 5) is 33.8. The van der Waals surface area contributed by atoms with Crippen LogP contribution in [0.25, 0.3) is 0 Å². The third kappa shape index (κ3) is 5.58. The maximum absolute atomic E-state index is 11.6. The fourth-order valence-electron chi connectivity index (χ4n) is 1.34. The maximum atomic E-state index is 11.6. The van der Waals surface area contributed by atoms with E-state index in [1.165, 1.54) is 11.3 Å². The van der Waals surface area contributed by atoms with Crippen LogP contribution in [-0.2, 0) is 9.59 Å². The first-order valence-corrected chi connectivity index (χ1v) is 6.53. The zero-order valence-electron chi connectivity index (χ0n) is 9.85. The van der Waals surface area contributed by atoms with E-state index in [-0.39, 0.29) is 31.0 Å². The molecular weight excluding hydrogens is 254 g/mol. The quantitative estimate of drug-likeness (QED) is 0.555. The van der Waals surface area contributed by atoms with Crippen LogP contribution in [0.4, 0.5) is 0 Å². The Kier molecular flexibility index (Phi) is 6.07. The summed E-state index contributed by atoms with van der Waals surface area (Å²) in [6.45, 7) is 0.332. The van der Waals surface area contributed by atoms with E-state index >= 15 is 0 Å². The highest BCUT2D eigenvalue weighted by molar-refractivity contribution is 7.12. The summed E-state index contributed by atoms with van der Waals surface area (Å²) in [6, 6.07) is 3.53. The first-order valence-electron chi connectivity index (χ1n) is 5.65. The molecule has 0 spiro atoms. The monoisotopic (exact) mass is 269 g/mol. The SMILES string of the molecule is O=C(O)CCCNC(=O)CCC(=O)c1cccs1. The fourth-order valence-corrected chi connectivity index (χ4v) is 2.04. The minimum atomic E-state index is -0.878. The summed E-state index contributed by atoms with van der Waals surface area (Å²) >= 11 is 1.36. The van der Waals surface area contributed by atoms with Crippen LogP contribution in [0, 0.1) is 0 Å². The number of carbonyl (C=O) groups is 3. The molecule has 1 heterocycles. The Morgan fingerprint density at radius 3 is 2.61 bits per heavy atom. The van der Waals surface area contributed by atoms with Gasteiger partial charge >= 0.3 is 5.97 Å². The lowest BCUT2D eigenvalue weighted by atomic mass is 10.2. The van der Waals surface area contributed by atoms with Crippen molar-refractivity contribution in [2.24, 2.45) is 0 Å². The zero-order valence-corrected chi connectivity index (χ0v) is 10.7.